The third kappa shape index (κ3) is 5.84. The van der Waals surface area contributed by atoms with Crippen molar-refractivity contribution in [1.29, 1.82) is 0 Å². The van der Waals surface area contributed by atoms with Crippen molar-refractivity contribution >= 4 is 44.9 Å². The first-order valence-corrected chi connectivity index (χ1v) is 13.6. The van der Waals surface area contributed by atoms with Crippen LogP contribution in [0.3, 0.4) is 0 Å². The zero-order valence-electron chi connectivity index (χ0n) is 21.1. The highest BCUT2D eigenvalue weighted by molar-refractivity contribution is 7.99. The number of thiazole rings is 1. The largest absolute Gasteiger partial charge is 0.485 e. The lowest BCUT2D eigenvalue weighted by Crippen LogP contribution is -2.14. The van der Waals surface area contributed by atoms with Gasteiger partial charge in [-0.1, -0.05) is 30.0 Å². The third-order valence-electron chi connectivity index (χ3n) is 5.92. The van der Waals surface area contributed by atoms with Crippen LogP contribution in [-0.2, 0) is 18.4 Å². The number of rotatable bonds is 8. The van der Waals surface area contributed by atoms with Crippen LogP contribution in [0.4, 0.5) is 5.69 Å². The molecule has 0 atom stereocenters. The molecule has 0 radical (unpaired) electrons. The summed E-state index contributed by atoms with van der Waals surface area (Å²) in [6.45, 7) is 6.44. The van der Waals surface area contributed by atoms with Crippen LogP contribution in [0.25, 0.3) is 20.8 Å². The number of carbonyl (C=O) groups excluding carboxylic acids is 1. The summed E-state index contributed by atoms with van der Waals surface area (Å²) in [5, 5.41) is 13.0. The van der Waals surface area contributed by atoms with Crippen LogP contribution in [0.15, 0.2) is 65.8 Å². The SMILES string of the molecule is Cc1ccc(C)c(OCc2nnc(SCC(=O)Nc3ccc(-c4nc5ccc(C)cc5s4)cc3)n2C)c1. The molecule has 0 aliphatic carbocycles. The lowest BCUT2D eigenvalue weighted by molar-refractivity contribution is -0.113. The number of anilines is 1. The molecule has 9 heteroatoms. The van der Waals surface area contributed by atoms with Gasteiger partial charge in [0, 0.05) is 18.3 Å². The number of fused-ring (bicyclic) bond motifs is 1. The second-order valence-electron chi connectivity index (χ2n) is 8.92. The minimum atomic E-state index is -0.107. The normalized spacial score (nSPS) is 11.1. The van der Waals surface area contributed by atoms with E-state index >= 15 is 0 Å². The van der Waals surface area contributed by atoms with Gasteiger partial charge in [-0.15, -0.1) is 21.5 Å². The lowest BCUT2D eigenvalue weighted by atomic mass is 10.1. The van der Waals surface area contributed by atoms with Crippen molar-refractivity contribution in [3.8, 4) is 16.3 Å². The van der Waals surface area contributed by atoms with Crippen molar-refractivity contribution < 1.29 is 9.53 Å². The molecule has 0 spiro atoms. The van der Waals surface area contributed by atoms with E-state index in [9.17, 15) is 4.79 Å². The van der Waals surface area contributed by atoms with Gasteiger partial charge in [0.2, 0.25) is 5.91 Å². The number of amides is 1. The molecule has 1 N–H and O–H groups in total. The predicted octanol–water partition coefficient (Wildman–Crippen LogP) is 6.33. The Balaban J connectivity index is 1.15. The van der Waals surface area contributed by atoms with Crippen molar-refractivity contribution in [2.24, 2.45) is 7.05 Å². The maximum absolute atomic E-state index is 12.6. The van der Waals surface area contributed by atoms with Crippen molar-refractivity contribution in [1.82, 2.24) is 19.7 Å². The number of nitrogens with one attached hydrogen (secondary N) is 1. The van der Waals surface area contributed by atoms with Crippen LogP contribution in [0.5, 0.6) is 5.75 Å². The average Bonchev–Trinajstić information content (AvgIpc) is 3.46. The first-order chi connectivity index (χ1) is 17.9. The number of thioether (sulfide) groups is 1. The Kier molecular flexibility index (Phi) is 7.25. The number of hydrogen-bond acceptors (Lipinski definition) is 7. The number of hydrogen-bond donors (Lipinski definition) is 1. The molecule has 2 heterocycles. The number of carbonyl (C=O) groups is 1. The number of benzene rings is 3. The Morgan fingerprint density at radius 2 is 1.76 bits per heavy atom. The highest BCUT2D eigenvalue weighted by Gasteiger charge is 2.13. The van der Waals surface area contributed by atoms with Gasteiger partial charge >= 0.3 is 0 Å². The summed E-state index contributed by atoms with van der Waals surface area (Å²) >= 11 is 3.01. The summed E-state index contributed by atoms with van der Waals surface area (Å²) in [6, 6.07) is 20.2. The standard InChI is InChI=1S/C28H27N5O2S2/c1-17-5-7-19(3)23(13-17)35-15-25-31-32-28(33(25)4)36-16-26(34)29-21-10-8-20(9-11-21)27-30-22-12-6-18(2)14-24(22)37-27/h5-14H,15-16H2,1-4H3,(H,29,34). The van der Waals surface area contributed by atoms with Crippen molar-refractivity contribution in [3.05, 3.63) is 83.2 Å². The molecule has 0 saturated heterocycles. The molecule has 0 saturated carbocycles. The van der Waals surface area contributed by atoms with Crippen molar-refractivity contribution in [2.75, 3.05) is 11.1 Å². The summed E-state index contributed by atoms with van der Waals surface area (Å²) in [4.78, 5) is 17.3. The Morgan fingerprint density at radius 1 is 1.00 bits per heavy atom. The molecule has 3 aromatic carbocycles. The highest BCUT2D eigenvalue weighted by atomic mass is 32.2. The molecular formula is C28H27N5O2S2. The van der Waals surface area contributed by atoms with Crippen molar-refractivity contribution in [2.45, 2.75) is 32.5 Å². The molecule has 0 aliphatic heterocycles. The fourth-order valence-electron chi connectivity index (χ4n) is 3.78. The molecule has 2 aromatic heterocycles. The maximum atomic E-state index is 12.6. The lowest BCUT2D eigenvalue weighted by Gasteiger charge is -2.10. The van der Waals surface area contributed by atoms with E-state index in [1.165, 1.54) is 22.0 Å². The van der Waals surface area contributed by atoms with Gasteiger partial charge in [0.25, 0.3) is 0 Å². The number of aryl methyl sites for hydroxylation is 3. The second-order valence-corrected chi connectivity index (χ2v) is 10.9. The van der Waals surface area contributed by atoms with E-state index in [2.05, 4.69) is 46.7 Å². The molecule has 5 aromatic rings. The van der Waals surface area contributed by atoms with E-state index < -0.39 is 0 Å². The van der Waals surface area contributed by atoms with Crippen LogP contribution in [0.1, 0.15) is 22.5 Å². The monoisotopic (exact) mass is 529 g/mol. The van der Waals surface area contributed by atoms with E-state index in [1.54, 1.807) is 11.3 Å². The summed E-state index contributed by atoms with van der Waals surface area (Å²) in [6.07, 6.45) is 0. The van der Waals surface area contributed by atoms with Gasteiger partial charge in [-0.05, 0) is 79.9 Å². The van der Waals surface area contributed by atoms with Crippen LogP contribution in [0.2, 0.25) is 0 Å². The summed E-state index contributed by atoms with van der Waals surface area (Å²) in [7, 11) is 1.88. The number of aromatic nitrogens is 4. The van der Waals surface area contributed by atoms with E-state index in [0.29, 0.717) is 17.6 Å². The Labute approximate surface area is 223 Å². The van der Waals surface area contributed by atoms with Crippen molar-refractivity contribution in [3.63, 3.8) is 0 Å². The average molecular weight is 530 g/mol. The van der Waals surface area contributed by atoms with Gasteiger partial charge in [0.15, 0.2) is 11.0 Å². The quantitative estimate of drug-likeness (QED) is 0.237. The molecule has 188 valence electrons. The number of nitrogens with zero attached hydrogens (tertiary/aromatic N) is 4. The molecule has 0 bridgehead atoms. The fraction of sp³-hybridized carbons (Fsp3) is 0.214. The smallest absolute Gasteiger partial charge is 0.234 e. The van der Waals surface area contributed by atoms with Crippen LogP contribution in [0, 0.1) is 20.8 Å². The van der Waals surface area contributed by atoms with Gasteiger partial charge < -0.3 is 14.6 Å². The molecule has 1 amide bonds. The molecule has 0 aliphatic rings. The van der Waals surface area contributed by atoms with Gasteiger partial charge in [0.05, 0.1) is 16.0 Å². The predicted molar refractivity (Wildman–Crippen MR) is 150 cm³/mol. The molecule has 0 unspecified atom stereocenters. The minimum absolute atomic E-state index is 0.107. The summed E-state index contributed by atoms with van der Waals surface area (Å²) in [5.74, 6) is 1.65. The zero-order chi connectivity index (χ0) is 25.9. The van der Waals surface area contributed by atoms with Crippen LogP contribution in [-0.4, -0.2) is 31.4 Å². The molecule has 37 heavy (non-hydrogen) atoms. The Bertz CT molecular complexity index is 1570. The van der Waals surface area contributed by atoms with E-state index in [-0.39, 0.29) is 11.7 Å². The zero-order valence-corrected chi connectivity index (χ0v) is 22.7. The fourth-order valence-corrected chi connectivity index (χ4v) is 5.58. The van der Waals surface area contributed by atoms with Crippen LogP contribution >= 0.6 is 23.1 Å². The second kappa shape index (κ2) is 10.7. The molecule has 5 rings (SSSR count). The minimum Gasteiger partial charge on any atom is -0.485 e. The van der Waals surface area contributed by atoms with Gasteiger partial charge in [-0.2, -0.15) is 0 Å². The van der Waals surface area contributed by atoms with E-state index in [0.717, 1.165) is 38.7 Å². The summed E-state index contributed by atoms with van der Waals surface area (Å²) in [5.41, 5.74) is 6.21. The van der Waals surface area contributed by atoms with E-state index in [1.807, 2.05) is 61.9 Å². The van der Waals surface area contributed by atoms with Gasteiger partial charge in [-0.25, -0.2) is 4.98 Å². The first-order valence-electron chi connectivity index (χ1n) is 11.8. The third-order valence-corrected chi connectivity index (χ3v) is 8.00. The van der Waals surface area contributed by atoms with Gasteiger partial charge in [-0.3, -0.25) is 4.79 Å². The van der Waals surface area contributed by atoms with E-state index in [4.69, 9.17) is 9.72 Å². The van der Waals surface area contributed by atoms with Gasteiger partial charge in [0.1, 0.15) is 17.4 Å². The molecule has 0 fully saturated rings. The molecular weight excluding hydrogens is 502 g/mol. The summed E-state index contributed by atoms with van der Waals surface area (Å²) < 4.78 is 8.98. The first kappa shape index (κ1) is 25.0. The Hall–Kier alpha value is -3.69. The highest BCUT2D eigenvalue weighted by Crippen LogP contribution is 2.31. The topological polar surface area (TPSA) is 81.9 Å². The molecule has 7 nitrogen and oxygen atoms in total. The van der Waals surface area contributed by atoms with Crippen LogP contribution < -0.4 is 10.1 Å². The maximum Gasteiger partial charge on any atom is 0.234 e. The number of ether oxygens (including phenoxy) is 1. The Morgan fingerprint density at radius 3 is 2.57 bits per heavy atom.